The van der Waals surface area contributed by atoms with Gasteiger partial charge in [0.05, 0.1) is 24.3 Å². The first-order valence-corrected chi connectivity index (χ1v) is 14.6. The Bertz CT molecular complexity index is 1750. The number of benzene rings is 2. The predicted molar refractivity (Wildman–Crippen MR) is 162 cm³/mol. The van der Waals surface area contributed by atoms with E-state index in [0.717, 1.165) is 22.3 Å². The monoisotopic (exact) mass is 588 g/mol. The van der Waals surface area contributed by atoms with Gasteiger partial charge in [-0.3, -0.25) is 13.8 Å². The van der Waals surface area contributed by atoms with Crippen molar-refractivity contribution in [3.05, 3.63) is 79.1 Å². The molecule has 1 amide bonds. The maximum Gasteiger partial charge on any atom is 0.474 e. The number of nitrogens with zero attached hydrogens (tertiary/aromatic N) is 4. The highest BCUT2D eigenvalue weighted by Crippen LogP contribution is 2.50. The highest BCUT2D eigenvalue weighted by Gasteiger charge is 2.32. The minimum atomic E-state index is -4.43. The fraction of sp³-hybridized carbons (Fsp3) is 0.258. The van der Waals surface area contributed by atoms with Gasteiger partial charge in [0.15, 0.2) is 0 Å². The molecule has 1 N–H and O–H groups in total. The van der Waals surface area contributed by atoms with Crippen LogP contribution in [0.15, 0.2) is 73.6 Å². The van der Waals surface area contributed by atoms with E-state index in [1.807, 2.05) is 24.3 Å². The van der Waals surface area contributed by atoms with E-state index in [0.29, 0.717) is 28.0 Å². The van der Waals surface area contributed by atoms with E-state index in [4.69, 9.17) is 18.8 Å². The van der Waals surface area contributed by atoms with Gasteiger partial charge in [0, 0.05) is 47.7 Å². The van der Waals surface area contributed by atoms with Gasteiger partial charge in [0.2, 0.25) is 5.91 Å². The van der Waals surface area contributed by atoms with Crippen molar-refractivity contribution in [2.45, 2.75) is 39.5 Å². The summed E-state index contributed by atoms with van der Waals surface area (Å²) in [6.07, 6.45) is 3.74. The summed E-state index contributed by atoms with van der Waals surface area (Å²) in [7, 11) is -1.23. The Balaban J connectivity index is 1.89. The number of likely N-dealkylation sites (N-methyl/N-ethyl adjacent to an activating group) is 1. The van der Waals surface area contributed by atoms with Crippen LogP contribution in [-0.4, -0.2) is 40.1 Å². The molecule has 0 radical (unpaired) electrons. The SMILES string of the molecule is C=CC(=O)N(C)c1cc(OC)cc(-c2cnc3c(c2)c(-c2cccc(C#N)c2)cn3C(C)OP(=O)(O)OC(C)(C)C)c1. The molecule has 2 aromatic carbocycles. The maximum atomic E-state index is 12.8. The number of methoxy groups -OCH3 is 1. The number of pyridine rings is 1. The van der Waals surface area contributed by atoms with Crippen LogP contribution in [0.5, 0.6) is 5.75 Å². The molecule has 0 aliphatic carbocycles. The molecule has 10 nitrogen and oxygen atoms in total. The molecule has 4 rings (SSSR count). The van der Waals surface area contributed by atoms with Crippen LogP contribution >= 0.6 is 7.82 Å². The summed E-state index contributed by atoms with van der Waals surface area (Å²) in [6.45, 7) is 10.2. The quantitative estimate of drug-likeness (QED) is 0.166. The maximum absolute atomic E-state index is 12.8. The zero-order valence-electron chi connectivity index (χ0n) is 24.4. The Hall–Kier alpha value is -4.26. The standard InChI is InChI=1S/C31H33N4O6P/c1-8-29(36)34(6)25-13-23(14-26(16-25)39-7)24-15-27-28(22-11-9-10-21(12-22)17-32)19-35(30(27)33-18-24)20(2)40-42(37,38)41-31(3,4)5/h8-16,18-20H,1H2,2-7H3,(H,37,38). The highest BCUT2D eigenvalue weighted by atomic mass is 31.2. The van der Waals surface area contributed by atoms with Gasteiger partial charge in [0.1, 0.15) is 17.6 Å². The second kappa shape index (κ2) is 11.9. The van der Waals surface area contributed by atoms with E-state index >= 15 is 0 Å². The first kappa shape index (κ1) is 30.7. The number of nitriles is 1. The molecule has 11 heteroatoms. The first-order chi connectivity index (χ1) is 19.7. The molecule has 2 heterocycles. The number of phosphoric acid groups is 1. The third-order valence-electron chi connectivity index (χ3n) is 6.39. The highest BCUT2D eigenvalue weighted by molar-refractivity contribution is 7.47. The van der Waals surface area contributed by atoms with E-state index in [1.165, 1.54) is 11.0 Å². The van der Waals surface area contributed by atoms with Crippen molar-refractivity contribution in [1.82, 2.24) is 9.55 Å². The molecule has 0 aliphatic rings. The fourth-order valence-corrected chi connectivity index (χ4v) is 5.71. The largest absolute Gasteiger partial charge is 0.497 e. The fourth-order valence-electron chi connectivity index (χ4n) is 4.49. The molecule has 42 heavy (non-hydrogen) atoms. The van der Waals surface area contributed by atoms with Crippen molar-refractivity contribution in [1.29, 1.82) is 5.26 Å². The van der Waals surface area contributed by atoms with Crippen LogP contribution in [0.3, 0.4) is 0 Å². The molecule has 0 aliphatic heterocycles. The van der Waals surface area contributed by atoms with E-state index in [2.05, 4.69) is 12.6 Å². The molecule has 0 saturated carbocycles. The summed E-state index contributed by atoms with van der Waals surface area (Å²) in [5.41, 5.74) is 3.63. The summed E-state index contributed by atoms with van der Waals surface area (Å²) in [5, 5.41) is 10.2. The zero-order valence-corrected chi connectivity index (χ0v) is 25.3. The lowest BCUT2D eigenvalue weighted by atomic mass is 10.0. The molecule has 0 saturated heterocycles. The van der Waals surface area contributed by atoms with Crippen LogP contribution in [0.25, 0.3) is 33.3 Å². The van der Waals surface area contributed by atoms with Crippen molar-refractivity contribution < 1.29 is 28.0 Å². The van der Waals surface area contributed by atoms with Crippen molar-refractivity contribution in [2.24, 2.45) is 0 Å². The molecule has 4 aromatic rings. The summed E-state index contributed by atoms with van der Waals surface area (Å²) < 4.78 is 30.7. The van der Waals surface area contributed by atoms with Crippen LogP contribution in [0.1, 0.15) is 39.5 Å². The lowest BCUT2D eigenvalue weighted by Crippen LogP contribution is -2.23. The number of rotatable bonds is 9. The summed E-state index contributed by atoms with van der Waals surface area (Å²) >= 11 is 0. The summed E-state index contributed by atoms with van der Waals surface area (Å²) in [6, 6.07) is 16.6. The molecule has 0 fully saturated rings. The molecule has 0 spiro atoms. The number of ether oxygens (including phenoxy) is 1. The second-order valence-electron chi connectivity index (χ2n) is 10.6. The van der Waals surface area contributed by atoms with Gasteiger partial charge in [-0.25, -0.2) is 9.55 Å². The molecule has 2 atom stereocenters. The molecular formula is C31H33N4O6P. The van der Waals surface area contributed by atoms with Crippen LogP contribution in [-0.2, 0) is 18.4 Å². The van der Waals surface area contributed by atoms with Crippen molar-refractivity contribution in [2.75, 3.05) is 19.1 Å². The lowest BCUT2D eigenvalue weighted by Gasteiger charge is -2.25. The van der Waals surface area contributed by atoms with E-state index in [9.17, 15) is 19.5 Å². The number of anilines is 1. The summed E-state index contributed by atoms with van der Waals surface area (Å²) in [5.74, 6) is 0.274. The number of aromatic nitrogens is 2. The predicted octanol–water partition coefficient (Wildman–Crippen LogP) is 6.85. The average Bonchev–Trinajstić information content (AvgIpc) is 3.33. The molecular weight excluding hydrogens is 555 g/mol. The van der Waals surface area contributed by atoms with Gasteiger partial charge >= 0.3 is 7.82 Å². The van der Waals surface area contributed by atoms with Gasteiger partial charge in [-0.15, -0.1) is 0 Å². The Morgan fingerprint density at radius 1 is 1.19 bits per heavy atom. The number of amides is 1. The molecule has 218 valence electrons. The molecule has 2 aromatic heterocycles. The molecule has 2 unspecified atom stereocenters. The van der Waals surface area contributed by atoms with E-state index < -0.39 is 19.7 Å². The third kappa shape index (κ3) is 6.78. The minimum absolute atomic E-state index is 0.273. The lowest BCUT2D eigenvalue weighted by molar-refractivity contribution is -0.113. The van der Waals surface area contributed by atoms with Gasteiger partial charge in [-0.2, -0.15) is 5.26 Å². The third-order valence-corrected chi connectivity index (χ3v) is 7.74. The summed E-state index contributed by atoms with van der Waals surface area (Å²) in [4.78, 5) is 28.9. The number of carbonyl (C=O) groups is 1. The Kier molecular flexibility index (Phi) is 8.71. The van der Waals surface area contributed by atoms with Crippen molar-refractivity contribution in [3.63, 3.8) is 0 Å². The number of fused-ring (bicyclic) bond motifs is 1. The van der Waals surface area contributed by atoms with E-state index in [-0.39, 0.29) is 5.91 Å². The zero-order chi connectivity index (χ0) is 30.8. The van der Waals surface area contributed by atoms with Crippen LogP contribution in [0.2, 0.25) is 0 Å². The van der Waals surface area contributed by atoms with Crippen LogP contribution in [0, 0.1) is 11.3 Å². The second-order valence-corrected chi connectivity index (χ2v) is 12.0. The molecule has 0 bridgehead atoms. The Morgan fingerprint density at radius 2 is 1.93 bits per heavy atom. The van der Waals surface area contributed by atoms with Crippen LogP contribution in [0.4, 0.5) is 5.69 Å². The van der Waals surface area contributed by atoms with Gasteiger partial charge in [-0.05, 0) is 75.2 Å². The number of hydrogen-bond acceptors (Lipinski definition) is 7. The minimum Gasteiger partial charge on any atom is -0.497 e. The number of phosphoric ester groups is 1. The van der Waals surface area contributed by atoms with Crippen molar-refractivity contribution >= 4 is 30.5 Å². The van der Waals surface area contributed by atoms with Crippen LogP contribution < -0.4 is 9.64 Å². The van der Waals surface area contributed by atoms with E-state index in [1.54, 1.807) is 83.1 Å². The topological polar surface area (TPSA) is 127 Å². The smallest absolute Gasteiger partial charge is 0.474 e. The Morgan fingerprint density at radius 3 is 2.57 bits per heavy atom. The number of carbonyl (C=O) groups excluding carboxylic acids is 1. The van der Waals surface area contributed by atoms with Crippen molar-refractivity contribution in [3.8, 4) is 34.1 Å². The number of hydrogen-bond donors (Lipinski definition) is 1. The van der Waals surface area contributed by atoms with Gasteiger partial charge in [0.25, 0.3) is 0 Å². The Labute approximate surface area is 245 Å². The van der Waals surface area contributed by atoms with Gasteiger partial charge in [-0.1, -0.05) is 18.7 Å². The average molecular weight is 589 g/mol. The van der Waals surface area contributed by atoms with Gasteiger partial charge < -0.3 is 19.1 Å². The first-order valence-electron chi connectivity index (χ1n) is 13.1. The normalized spacial score (nSPS) is 13.7.